The van der Waals surface area contributed by atoms with E-state index in [9.17, 15) is 17.6 Å². The number of carbonyl (C=O) groups excluding carboxylic acids is 1. The Kier molecular flexibility index (Phi) is 6.59. The van der Waals surface area contributed by atoms with Crippen LogP contribution in [-0.4, -0.2) is 43.9 Å². The molecule has 3 rings (SSSR count). The summed E-state index contributed by atoms with van der Waals surface area (Å²) in [5, 5.41) is 0.197. The summed E-state index contributed by atoms with van der Waals surface area (Å²) in [5.74, 6) is -0.367. The van der Waals surface area contributed by atoms with Gasteiger partial charge in [0.1, 0.15) is 11.6 Å². The van der Waals surface area contributed by atoms with Crippen molar-refractivity contribution in [3.05, 3.63) is 70.5 Å². The van der Waals surface area contributed by atoms with Crippen molar-refractivity contribution in [3.63, 3.8) is 0 Å². The average Bonchev–Trinajstić information content (AvgIpc) is 3.05. The maximum atomic E-state index is 14.3. The lowest BCUT2D eigenvalue weighted by molar-refractivity contribution is -0.128. The van der Waals surface area contributed by atoms with Crippen molar-refractivity contribution in [3.8, 4) is 5.75 Å². The summed E-state index contributed by atoms with van der Waals surface area (Å²) in [5.41, 5.74) is 0.951. The predicted octanol–water partition coefficient (Wildman–Crippen LogP) is 3.72. The number of halogens is 2. The lowest BCUT2D eigenvalue weighted by atomic mass is 10.1. The van der Waals surface area contributed by atoms with Gasteiger partial charge in [-0.1, -0.05) is 29.8 Å². The Labute approximate surface area is 174 Å². The standard InChI is InChI=1S/C21H21ClFNO4S/c1-28-17-8-5-15(6-9-17)7-10-21(25)24(16-11-12-29(26,27)14-16)13-18-19(22)3-2-4-20(18)23/h2-10,16H,11-14H2,1H3/b10-7+. The van der Waals surface area contributed by atoms with E-state index in [1.165, 1.54) is 23.1 Å². The van der Waals surface area contributed by atoms with Gasteiger partial charge >= 0.3 is 0 Å². The minimum atomic E-state index is -3.22. The molecule has 1 saturated heterocycles. The summed E-state index contributed by atoms with van der Waals surface area (Å²) in [6.07, 6.45) is 3.30. The number of benzene rings is 2. The van der Waals surface area contributed by atoms with Gasteiger partial charge in [0.15, 0.2) is 9.84 Å². The Morgan fingerprint density at radius 3 is 2.59 bits per heavy atom. The smallest absolute Gasteiger partial charge is 0.247 e. The molecule has 0 bridgehead atoms. The molecule has 2 aromatic carbocycles. The summed E-state index contributed by atoms with van der Waals surface area (Å²) in [4.78, 5) is 14.3. The SMILES string of the molecule is COc1ccc(/C=C/C(=O)N(Cc2c(F)cccc2Cl)C2CCS(=O)(=O)C2)cc1. The van der Waals surface area contributed by atoms with Gasteiger partial charge in [0.2, 0.25) is 5.91 Å². The fraction of sp³-hybridized carbons (Fsp3) is 0.286. The summed E-state index contributed by atoms with van der Waals surface area (Å²) in [6, 6.07) is 10.9. The molecule has 1 amide bonds. The van der Waals surface area contributed by atoms with Gasteiger partial charge in [-0.2, -0.15) is 0 Å². The topological polar surface area (TPSA) is 63.7 Å². The predicted molar refractivity (Wildman–Crippen MR) is 111 cm³/mol. The van der Waals surface area contributed by atoms with Crippen molar-refractivity contribution in [1.29, 1.82) is 0 Å². The average molecular weight is 438 g/mol. The Bertz CT molecular complexity index is 1000. The summed E-state index contributed by atoms with van der Waals surface area (Å²) < 4.78 is 43.2. The minimum Gasteiger partial charge on any atom is -0.497 e. The number of amides is 1. The van der Waals surface area contributed by atoms with Gasteiger partial charge in [0, 0.05) is 22.7 Å². The molecule has 0 N–H and O–H groups in total. The molecule has 0 spiro atoms. The second-order valence-corrected chi connectivity index (χ2v) is 9.47. The fourth-order valence-electron chi connectivity index (χ4n) is 3.24. The van der Waals surface area contributed by atoms with Crippen molar-refractivity contribution in [2.24, 2.45) is 0 Å². The van der Waals surface area contributed by atoms with Gasteiger partial charge in [-0.3, -0.25) is 4.79 Å². The van der Waals surface area contributed by atoms with Gasteiger partial charge in [-0.05, 0) is 42.3 Å². The van der Waals surface area contributed by atoms with Crippen molar-refractivity contribution in [1.82, 2.24) is 4.90 Å². The zero-order valence-corrected chi connectivity index (χ0v) is 17.4. The molecule has 8 heteroatoms. The van der Waals surface area contributed by atoms with Crippen molar-refractivity contribution in [2.45, 2.75) is 19.0 Å². The number of nitrogens with zero attached hydrogens (tertiary/aromatic N) is 1. The first-order valence-corrected chi connectivity index (χ1v) is 11.2. The van der Waals surface area contributed by atoms with E-state index >= 15 is 0 Å². The molecule has 2 aromatic rings. The molecule has 1 fully saturated rings. The highest BCUT2D eigenvalue weighted by molar-refractivity contribution is 7.91. The van der Waals surface area contributed by atoms with Crippen LogP contribution in [0.3, 0.4) is 0 Å². The number of methoxy groups -OCH3 is 1. The molecular formula is C21H21ClFNO4S. The van der Waals surface area contributed by atoms with E-state index < -0.39 is 27.6 Å². The van der Waals surface area contributed by atoms with Crippen LogP contribution >= 0.6 is 11.6 Å². The highest BCUT2D eigenvalue weighted by Gasteiger charge is 2.34. The van der Waals surface area contributed by atoms with Crippen LogP contribution < -0.4 is 4.74 Å². The Morgan fingerprint density at radius 2 is 2.00 bits per heavy atom. The Morgan fingerprint density at radius 1 is 1.28 bits per heavy atom. The van der Waals surface area contributed by atoms with Gasteiger partial charge in [-0.25, -0.2) is 12.8 Å². The quantitative estimate of drug-likeness (QED) is 0.646. The first kappa shape index (κ1) is 21.3. The molecule has 0 aromatic heterocycles. The second-order valence-electron chi connectivity index (χ2n) is 6.83. The molecular weight excluding hydrogens is 417 g/mol. The number of sulfone groups is 1. The third kappa shape index (κ3) is 5.36. The highest BCUT2D eigenvalue weighted by Crippen LogP contribution is 2.25. The Hall–Kier alpha value is -2.38. The summed E-state index contributed by atoms with van der Waals surface area (Å²) >= 11 is 6.12. The molecule has 154 valence electrons. The molecule has 1 heterocycles. The molecule has 1 aliphatic heterocycles. The van der Waals surface area contributed by atoms with Crippen LogP contribution in [0.2, 0.25) is 5.02 Å². The monoisotopic (exact) mass is 437 g/mol. The van der Waals surface area contributed by atoms with Crippen molar-refractivity contribution in [2.75, 3.05) is 18.6 Å². The van der Waals surface area contributed by atoms with Crippen LogP contribution in [0, 0.1) is 5.82 Å². The molecule has 0 saturated carbocycles. The van der Waals surface area contributed by atoms with Crippen molar-refractivity contribution < 1.29 is 22.3 Å². The number of ether oxygens (including phenoxy) is 1. The number of hydrogen-bond donors (Lipinski definition) is 0. The lowest BCUT2D eigenvalue weighted by Crippen LogP contribution is -2.40. The van der Waals surface area contributed by atoms with E-state index in [-0.39, 0.29) is 28.6 Å². The molecule has 0 aliphatic carbocycles. The maximum Gasteiger partial charge on any atom is 0.247 e. The van der Waals surface area contributed by atoms with E-state index in [1.807, 2.05) is 0 Å². The number of hydrogen-bond acceptors (Lipinski definition) is 4. The maximum absolute atomic E-state index is 14.3. The third-order valence-electron chi connectivity index (χ3n) is 4.86. The Balaban J connectivity index is 1.85. The molecule has 29 heavy (non-hydrogen) atoms. The lowest BCUT2D eigenvalue weighted by Gasteiger charge is -2.28. The zero-order chi connectivity index (χ0) is 21.0. The van der Waals surface area contributed by atoms with E-state index in [0.29, 0.717) is 12.2 Å². The van der Waals surface area contributed by atoms with E-state index in [2.05, 4.69) is 0 Å². The first-order chi connectivity index (χ1) is 13.8. The first-order valence-electron chi connectivity index (χ1n) is 9.05. The second kappa shape index (κ2) is 8.97. The number of carbonyl (C=O) groups is 1. The van der Waals surface area contributed by atoms with E-state index in [4.69, 9.17) is 16.3 Å². The van der Waals surface area contributed by atoms with Gasteiger partial charge < -0.3 is 9.64 Å². The van der Waals surface area contributed by atoms with Crippen LogP contribution in [0.5, 0.6) is 5.75 Å². The van der Waals surface area contributed by atoms with Crippen LogP contribution in [0.25, 0.3) is 6.08 Å². The molecule has 5 nitrogen and oxygen atoms in total. The summed E-state index contributed by atoms with van der Waals surface area (Å²) in [6.45, 7) is -0.0997. The van der Waals surface area contributed by atoms with Crippen LogP contribution in [0.4, 0.5) is 4.39 Å². The van der Waals surface area contributed by atoms with Gasteiger partial charge in [0.25, 0.3) is 0 Å². The van der Waals surface area contributed by atoms with Crippen LogP contribution in [-0.2, 0) is 21.2 Å². The van der Waals surface area contributed by atoms with E-state index in [1.54, 1.807) is 43.5 Å². The largest absolute Gasteiger partial charge is 0.497 e. The summed E-state index contributed by atoms with van der Waals surface area (Å²) in [7, 11) is -1.65. The van der Waals surface area contributed by atoms with Crippen LogP contribution in [0.1, 0.15) is 17.5 Å². The van der Waals surface area contributed by atoms with Crippen LogP contribution in [0.15, 0.2) is 48.5 Å². The van der Waals surface area contributed by atoms with Crippen molar-refractivity contribution >= 4 is 33.4 Å². The van der Waals surface area contributed by atoms with Gasteiger partial charge in [0.05, 0.1) is 25.2 Å². The minimum absolute atomic E-state index is 0.00858. The fourth-order valence-corrected chi connectivity index (χ4v) is 5.19. The zero-order valence-electron chi connectivity index (χ0n) is 15.8. The normalized spacial score (nSPS) is 18.1. The molecule has 1 unspecified atom stereocenters. The number of rotatable bonds is 6. The molecule has 1 atom stereocenters. The molecule has 1 aliphatic rings. The third-order valence-corrected chi connectivity index (χ3v) is 6.96. The van der Waals surface area contributed by atoms with Gasteiger partial charge in [-0.15, -0.1) is 0 Å². The van der Waals surface area contributed by atoms with E-state index in [0.717, 1.165) is 5.56 Å². The highest BCUT2D eigenvalue weighted by atomic mass is 35.5. The molecule has 0 radical (unpaired) electrons.